The molecule has 1 heterocycles. The number of hydrogen-bond acceptors (Lipinski definition) is 5. The lowest BCUT2D eigenvalue weighted by atomic mass is 9.65. The summed E-state index contributed by atoms with van der Waals surface area (Å²) in [5, 5.41) is 18.4. The van der Waals surface area contributed by atoms with E-state index in [0.717, 1.165) is 6.07 Å². The van der Waals surface area contributed by atoms with Crippen LogP contribution >= 0.6 is 0 Å². The standard InChI is InChI=1S/C21H24F2N2O3/c1-13-16(8-14(10-24)11-25)21(12-27-13,9-18(26)28-20(2,3)4)15-6-5-7-17(22)19(15)23/h5-7,13-14,16H,8-9,12H2,1-4H3/t13-,16-,21+/m1/s1. The van der Waals surface area contributed by atoms with E-state index in [-0.39, 0.29) is 25.0 Å². The molecule has 0 bridgehead atoms. The number of esters is 1. The van der Waals surface area contributed by atoms with E-state index in [1.165, 1.54) is 12.1 Å². The third kappa shape index (κ3) is 4.48. The van der Waals surface area contributed by atoms with Crippen LogP contribution in [0.1, 0.15) is 46.1 Å². The van der Waals surface area contributed by atoms with Gasteiger partial charge in [0, 0.05) is 11.0 Å². The molecular weight excluding hydrogens is 366 g/mol. The van der Waals surface area contributed by atoms with E-state index in [1.807, 2.05) is 12.1 Å². The van der Waals surface area contributed by atoms with Gasteiger partial charge in [-0.2, -0.15) is 10.5 Å². The zero-order valence-electron chi connectivity index (χ0n) is 16.5. The second-order valence-corrected chi connectivity index (χ2v) is 8.19. The van der Waals surface area contributed by atoms with Crippen LogP contribution in [-0.4, -0.2) is 24.3 Å². The molecule has 5 nitrogen and oxygen atoms in total. The van der Waals surface area contributed by atoms with Crippen molar-refractivity contribution in [2.45, 2.75) is 57.7 Å². The number of rotatable bonds is 5. The minimum Gasteiger partial charge on any atom is -0.460 e. The highest BCUT2D eigenvalue weighted by molar-refractivity contribution is 5.72. The SMILES string of the molecule is C[C@H]1OC[C@@](CC(=O)OC(C)(C)C)(c2cccc(F)c2F)[C@@H]1CC(C#N)C#N. The summed E-state index contributed by atoms with van der Waals surface area (Å²) in [6.45, 7) is 6.85. The van der Waals surface area contributed by atoms with Gasteiger partial charge in [0.15, 0.2) is 11.6 Å². The van der Waals surface area contributed by atoms with E-state index >= 15 is 0 Å². The highest BCUT2D eigenvalue weighted by Crippen LogP contribution is 2.48. The Bertz CT molecular complexity index is 808. The molecule has 0 aliphatic carbocycles. The summed E-state index contributed by atoms with van der Waals surface area (Å²) in [6, 6.07) is 7.61. The lowest BCUT2D eigenvalue weighted by molar-refractivity contribution is -0.157. The molecule has 1 aromatic carbocycles. The summed E-state index contributed by atoms with van der Waals surface area (Å²) < 4.78 is 39.9. The van der Waals surface area contributed by atoms with Crippen LogP contribution < -0.4 is 0 Å². The molecule has 1 aliphatic heterocycles. The van der Waals surface area contributed by atoms with Gasteiger partial charge >= 0.3 is 5.97 Å². The van der Waals surface area contributed by atoms with Crippen molar-refractivity contribution in [1.29, 1.82) is 10.5 Å². The van der Waals surface area contributed by atoms with Crippen molar-refractivity contribution in [3.8, 4) is 12.1 Å². The molecule has 1 saturated heterocycles. The molecule has 0 amide bonds. The van der Waals surface area contributed by atoms with E-state index in [4.69, 9.17) is 9.47 Å². The van der Waals surface area contributed by atoms with Gasteiger partial charge in [-0.05, 0) is 46.1 Å². The third-order valence-corrected chi connectivity index (χ3v) is 5.05. The van der Waals surface area contributed by atoms with Crippen LogP contribution in [0.3, 0.4) is 0 Å². The van der Waals surface area contributed by atoms with Crippen molar-refractivity contribution >= 4 is 5.97 Å². The van der Waals surface area contributed by atoms with E-state index in [2.05, 4.69) is 0 Å². The van der Waals surface area contributed by atoms with Crippen molar-refractivity contribution in [1.82, 2.24) is 0 Å². The molecule has 0 unspecified atom stereocenters. The summed E-state index contributed by atoms with van der Waals surface area (Å²) in [7, 11) is 0. The van der Waals surface area contributed by atoms with Crippen molar-refractivity contribution in [2.24, 2.45) is 11.8 Å². The molecule has 0 spiro atoms. The second kappa shape index (κ2) is 8.24. The van der Waals surface area contributed by atoms with Crippen LogP contribution in [0.15, 0.2) is 18.2 Å². The lowest BCUT2D eigenvalue weighted by Crippen LogP contribution is -2.41. The molecule has 3 atom stereocenters. The molecule has 150 valence electrons. The number of halogens is 2. The van der Waals surface area contributed by atoms with Crippen LogP contribution in [0, 0.1) is 46.1 Å². The Hall–Kier alpha value is -2.51. The first-order valence-electron chi connectivity index (χ1n) is 9.11. The number of nitriles is 2. The fourth-order valence-corrected chi connectivity index (χ4v) is 3.84. The predicted octanol–water partition coefficient (Wildman–Crippen LogP) is 4.02. The van der Waals surface area contributed by atoms with Crippen LogP contribution in [0.4, 0.5) is 8.78 Å². The van der Waals surface area contributed by atoms with Gasteiger partial charge < -0.3 is 9.47 Å². The Morgan fingerprint density at radius 2 is 2.00 bits per heavy atom. The Morgan fingerprint density at radius 3 is 2.57 bits per heavy atom. The minimum absolute atomic E-state index is 0.00217. The Kier molecular flexibility index (Phi) is 6.41. The van der Waals surface area contributed by atoms with E-state index in [0.29, 0.717) is 0 Å². The van der Waals surface area contributed by atoms with Crippen molar-refractivity contribution in [3.63, 3.8) is 0 Å². The minimum atomic E-state index is -1.24. The number of hydrogen-bond donors (Lipinski definition) is 0. The van der Waals surface area contributed by atoms with Crippen molar-refractivity contribution in [2.75, 3.05) is 6.61 Å². The maximum absolute atomic E-state index is 14.8. The summed E-state index contributed by atoms with van der Waals surface area (Å²) in [4.78, 5) is 12.6. The first kappa shape index (κ1) is 21.8. The highest BCUT2D eigenvalue weighted by atomic mass is 19.2. The first-order chi connectivity index (χ1) is 13.0. The molecule has 0 radical (unpaired) electrons. The molecule has 7 heteroatoms. The van der Waals surface area contributed by atoms with Crippen LogP contribution in [0.2, 0.25) is 0 Å². The molecule has 0 aromatic heterocycles. The molecule has 1 aromatic rings. The average Bonchev–Trinajstić information content (AvgIpc) is 2.90. The van der Waals surface area contributed by atoms with E-state index < -0.39 is 46.6 Å². The maximum atomic E-state index is 14.8. The maximum Gasteiger partial charge on any atom is 0.307 e. The van der Waals surface area contributed by atoms with Crippen LogP contribution in [-0.2, 0) is 19.7 Å². The van der Waals surface area contributed by atoms with Gasteiger partial charge in [0.1, 0.15) is 11.5 Å². The van der Waals surface area contributed by atoms with Gasteiger partial charge in [0.05, 0.1) is 31.3 Å². The van der Waals surface area contributed by atoms with Gasteiger partial charge in [-0.3, -0.25) is 4.79 Å². The van der Waals surface area contributed by atoms with Gasteiger partial charge in [0.2, 0.25) is 0 Å². The molecule has 28 heavy (non-hydrogen) atoms. The smallest absolute Gasteiger partial charge is 0.307 e. The fourth-order valence-electron chi connectivity index (χ4n) is 3.84. The van der Waals surface area contributed by atoms with Gasteiger partial charge in [-0.15, -0.1) is 0 Å². The first-order valence-corrected chi connectivity index (χ1v) is 9.11. The van der Waals surface area contributed by atoms with Crippen molar-refractivity contribution < 1.29 is 23.0 Å². The Labute approximate surface area is 163 Å². The van der Waals surface area contributed by atoms with Gasteiger partial charge in [0.25, 0.3) is 0 Å². The predicted molar refractivity (Wildman–Crippen MR) is 96.7 cm³/mol. The third-order valence-electron chi connectivity index (χ3n) is 5.05. The normalized spacial score (nSPS) is 24.6. The quantitative estimate of drug-likeness (QED) is 0.709. The fraction of sp³-hybridized carbons (Fsp3) is 0.571. The summed E-state index contributed by atoms with van der Waals surface area (Å²) in [5.41, 5.74) is -1.98. The second-order valence-electron chi connectivity index (χ2n) is 8.19. The molecule has 0 saturated carbocycles. The number of nitrogens with zero attached hydrogens (tertiary/aromatic N) is 2. The highest BCUT2D eigenvalue weighted by Gasteiger charge is 2.53. The largest absolute Gasteiger partial charge is 0.460 e. The molecule has 1 fully saturated rings. The van der Waals surface area contributed by atoms with E-state index in [1.54, 1.807) is 27.7 Å². The Balaban J connectivity index is 2.55. The van der Waals surface area contributed by atoms with Crippen LogP contribution in [0.5, 0.6) is 0 Å². The summed E-state index contributed by atoms with van der Waals surface area (Å²) in [6.07, 6.45) is -0.620. The monoisotopic (exact) mass is 390 g/mol. The lowest BCUT2D eigenvalue weighted by Gasteiger charge is -2.36. The molecule has 1 aliphatic rings. The zero-order valence-corrected chi connectivity index (χ0v) is 16.5. The summed E-state index contributed by atoms with van der Waals surface area (Å²) in [5.74, 6) is -4.16. The Morgan fingerprint density at radius 1 is 1.36 bits per heavy atom. The number of carbonyl (C=O) groups excluding carboxylic acids is 1. The molecule has 0 N–H and O–H groups in total. The van der Waals surface area contributed by atoms with Gasteiger partial charge in [-0.1, -0.05) is 12.1 Å². The topological polar surface area (TPSA) is 83.1 Å². The van der Waals surface area contributed by atoms with Gasteiger partial charge in [-0.25, -0.2) is 8.78 Å². The van der Waals surface area contributed by atoms with Crippen LogP contribution in [0.25, 0.3) is 0 Å². The number of carbonyl (C=O) groups is 1. The number of benzene rings is 1. The summed E-state index contributed by atoms with van der Waals surface area (Å²) >= 11 is 0. The van der Waals surface area contributed by atoms with Crippen molar-refractivity contribution in [3.05, 3.63) is 35.4 Å². The molecule has 2 rings (SSSR count). The number of ether oxygens (including phenoxy) is 2. The average molecular weight is 390 g/mol. The molecular formula is C21H24F2N2O3. The van der Waals surface area contributed by atoms with E-state index in [9.17, 15) is 24.1 Å². The zero-order chi connectivity index (χ0) is 21.1.